The van der Waals surface area contributed by atoms with Crippen LogP contribution in [0.3, 0.4) is 0 Å². The molecule has 0 unspecified atom stereocenters. The second-order valence-electron chi connectivity index (χ2n) is 7.53. The monoisotopic (exact) mass is 340 g/mol. The first kappa shape index (κ1) is 19.2. The van der Waals surface area contributed by atoms with Gasteiger partial charge in [0.25, 0.3) is 5.91 Å². The van der Waals surface area contributed by atoms with Crippen molar-refractivity contribution in [3.63, 3.8) is 0 Å². The summed E-state index contributed by atoms with van der Waals surface area (Å²) >= 11 is 0. The highest BCUT2D eigenvalue weighted by Crippen LogP contribution is 2.30. The van der Waals surface area contributed by atoms with Gasteiger partial charge in [0.05, 0.1) is 0 Å². The molecule has 0 saturated carbocycles. The number of benzene rings is 2. The quantitative estimate of drug-likeness (QED) is 0.815. The Hall–Kier alpha value is -2.17. The number of carbonyl (C=O) groups is 1. The minimum atomic E-state index is -1.71. The molecule has 2 aromatic carbocycles. The summed E-state index contributed by atoms with van der Waals surface area (Å²) in [6.45, 7) is 5.50. The number of hydrogen-bond donors (Lipinski definition) is 2. The van der Waals surface area contributed by atoms with Gasteiger partial charge in [-0.2, -0.15) is 0 Å². The molecule has 0 aliphatic carbocycles. The van der Waals surface area contributed by atoms with Crippen LogP contribution in [0.5, 0.6) is 0 Å². The summed E-state index contributed by atoms with van der Waals surface area (Å²) < 4.78 is 0. The first-order chi connectivity index (χ1) is 11.8. The van der Waals surface area contributed by atoms with E-state index >= 15 is 0 Å². The van der Waals surface area contributed by atoms with Crippen molar-refractivity contribution in [1.82, 2.24) is 10.2 Å². The summed E-state index contributed by atoms with van der Waals surface area (Å²) in [6.07, 6.45) is 0. The molecule has 0 aliphatic rings. The first-order valence-corrected chi connectivity index (χ1v) is 8.52. The van der Waals surface area contributed by atoms with Gasteiger partial charge in [-0.3, -0.25) is 4.79 Å². The van der Waals surface area contributed by atoms with Gasteiger partial charge in [-0.05, 0) is 30.6 Å². The molecule has 0 fully saturated rings. The Balaban J connectivity index is 2.29. The van der Waals surface area contributed by atoms with E-state index in [1.165, 1.54) is 0 Å². The molecule has 134 valence electrons. The summed E-state index contributed by atoms with van der Waals surface area (Å²) in [7, 11) is 4.02. The Morgan fingerprint density at radius 1 is 0.960 bits per heavy atom. The van der Waals surface area contributed by atoms with Crippen LogP contribution in [-0.4, -0.2) is 43.1 Å². The lowest BCUT2D eigenvalue weighted by atomic mass is 9.84. The predicted octanol–water partition coefficient (Wildman–Crippen LogP) is 2.63. The van der Waals surface area contributed by atoms with E-state index < -0.39 is 11.5 Å². The fraction of sp³-hybridized carbons (Fsp3) is 0.381. The third-order valence-corrected chi connectivity index (χ3v) is 4.18. The number of hydrogen-bond acceptors (Lipinski definition) is 3. The highest BCUT2D eigenvalue weighted by atomic mass is 16.3. The number of carbonyl (C=O) groups excluding carboxylic acids is 1. The highest BCUT2D eigenvalue weighted by molar-refractivity contribution is 5.90. The van der Waals surface area contributed by atoms with E-state index in [2.05, 4.69) is 24.1 Å². The second-order valence-corrected chi connectivity index (χ2v) is 7.53. The third kappa shape index (κ3) is 4.68. The molecule has 2 aromatic rings. The largest absolute Gasteiger partial charge is 0.372 e. The number of amides is 1. The molecular weight excluding hydrogens is 312 g/mol. The zero-order chi connectivity index (χ0) is 18.5. The lowest BCUT2D eigenvalue weighted by molar-refractivity contribution is -0.137. The molecule has 0 atom stereocenters. The minimum Gasteiger partial charge on any atom is -0.372 e. The standard InChI is InChI=1S/C21H28N2O2/c1-20(2,16-23(3)4)15-22-19(24)21(25,17-11-7-5-8-12-17)18-13-9-6-10-14-18/h5-14,25H,15-16H2,1-4H3,(H,22,24). The van der Waals surface area contributed by atoms with Crippen molar-refractivity contribution in [2.75, 3.05) is 27.2 Å². The number of nitrogens with one attached hydrogen (secondary N) is 1. The third-order valence-electron chi connectivity index (χ3n) is 4.18. The minimum absolute atomic E-state index is 0.104. The van der Waals surface area contributed by atoms with Gasteiger partial charge in [-0.25, -0.2) is 0 Å². The maximum Gasteiger partial charge on any atom is 0.261 e. The van der Waals surface area contributed by atoms with Crippen LogP contribution in [0.1, 0.15) is 25.0 Å². The fourth-order valence-electron chi connectivity index (χ4n) is 3.15. The zero-order valence-electron chi connectivity index (χ0n) is 15.5. The van der Waals surface area contributed by atoms with Crippen molar-refractivity contribution in [1.29, 1.82) is 0 Å². The van der Waals surface area contributed by atoms with Gasteiger partial charge in [0.1, 0.15) is 0 Å². The zero-order valence-corrected chi connectivity index (χ0v) is 15.5. The molecule has 4 heteroatoms. The Bertz CT molecular complexity index is 642. The van der Waals surface area contributed by atoms with Gasteiger partial charge in [0.15, 0.2) is 5.60 Å². The Morgan fingerprint density at radius 2 is 1.40 bits per heavy atom. The lowest BCUT2D eigenvalue weighted by Gasteiger charge is -2.32. The molecule has 0 aromatic heterocycles. The van der Waals surface area contributed by atoms with Gasteiger partial charge in [0, 0.05) is 13.1 Å². The van der Waals surface area contributed by atoms with E-state index in [4.69, 9.17) is 0 Å². The van der Waals surface area contributed by atoms with E-state index in [1.807, 2.05) is 50.5 Å². The molecule has 0 spiro atoms. The normalized spacial score (nSPS) is 12.2. The molecule has 25 heavy (non-hydrogen) atoms. The second kappa shape index (κ2) is 7.81. The van der Waals surface area contributed by atoms with Gasteiger partial charge in [-0.15, -0.1) is 0 Å². The van der Waals surface area contributed by atoms with Gasteiger partial charge in [0.2, 0.25) is 0 Å². The summed E-state index contributed by atoms with van der Waals surface area (Å²) in [5.41, 5.74) is -0.697. The van der Waals surface area contributed by atoms with Crippen LogP contribution in [0.2, 0.25) is 0 Å². The molecule has 0 aliphatic heterocycles. The first-order valence-electron chi connectivity index (χ1n) is 8.52. The SMILES string of the molecule is CN(C)CC(C)(C)CNC(=O)C(O)(c1ccccc1)c1ccccc1. The van der Waals surface area contributed by atoms with Gasteiger partial charge < -0.3 is 15.3 Å². The summed E-state index contributed by atoms with van der Waals surface area (Å²) in [5, 5.41) is 14.3. The highest BCUT2D eigenvalue weighted by Gasteiger charge is 2.40. The van der Waals surface area contributed by atoms with E-state index in [9.17, 15) is 9.90 Å². The summed E-state index contributed by atoms with van der Waals surface area (Å²) in [6, 6.07) is 18.1. The Labute approximate surface area is 150 Å². The fourth-order valence-corrected chi connectivity index (χ4v) is 3.15. The lowest BCUT2D eigenvalue weighted by Crippen LogP contribution is -2.49. The number of rotatable bonds is 7. The predicted molar refractivity (Wildman–Crippen MR) is 101 cm³/mol. The topological polar surface area (TPSA) is 52.6 Å². The van der Waals surface area contributed by atoms with E-state index in [1.54, 1.807) is 24.3 Å². The van der Waals surface area contributed by atoms with Crippen molar-refractivity contribution >= 4 is 5.91 Å². The van der Waals surface area contributed by atoms with E-state index in [-0.39, 0.29) is 5.41 Å². The summed E-state index contributed by atoms with van der Waals surface area (Å²) in [4.78, 5) is 15.1. The van der Waals surface area contributed by atoms with Gasteiger partial charge >= 0.3 is 0 Å². The molecule has 0 heterocycles. The molecule has 2 rings (SSSR count). The summed E-state index contributed by atoms with van der Waals surface area (Å²) in [5.74, 6) is -0.406. The molecule has 2 N–H and O–H groups in total. The van der Waals surface area contributed by atoms with E-state index in [0.29, 0.717) is 17.7 Å². The Morgan fingerprint density at radius 3 is 1.80 bits per heavy atom. The van der Waals surface area contributed by atoms with Crippen LogP contribution in [0.15, 0.2) is 60.7 Å². The van der Waals surface area contributed by atoms with Crippen molar-refractivity contribution in [2.45, 2.75) is 19.4 Å². The van der Waals surface area contributed by atoms with Crippen LogP contribution in [0.25, 0.3) is 0 Å². The number of nitrogens with zero attached hydrogens (tertiary/aromatic N) is 1. The average Bonchev–Trinajstić information content (AvgIpc) is 2.59. The smallest absolute Gasteiger partial charge is 0.261 e. The van der Waals surface area contributed by atoms with Crippen LogP contribution in [0, 0.1) is 5.41 Å². The van der Waals surface area contributed by atoms with Crippen molar-refractivity contribution in [3.05, 3.63) is 71.8 Å². The molecule has 1 amide bonds. The van der Waals surface area contributed by atoms with Crippen LogP contribution >= 0.6 is 0 Å². The van der Waals surface area contributed by atoms with E-state index in [0.717, 1.165) is 6.54 Å². The van der Waals surface area contributed by atoms with Gasteiger partial charge in [-0.1, -0.05) is 74.5 Å². The molecule has 0 bridgehead atoms. The molecule has 4 nitrogen and oxygen atoms in total. The maximum atomic E-state index is 13.0. The van der Waals surface area contributed by atoms with Crippen molar-refractivity contribution in [3.8, 4) is 0 Å². The Kier molecular flexibility index (Phi) is 5.98. The van der Waals surface area contributed by atoms with Crippen LogP contribution < -0.4 is 5.32 Å². The molecule has 0 radical (unpaired) electrons. The number of aliphatic hydroxyl groups is 1. The average molecular weight is 340 g/mol. The van der Waals surface area contributed by atoms with Crippen LogP contribution in [0.4, 0.5) is 0 Å². The van der Waals surface area contributed by atoms with Crippen LogP contribution in [-0.2, 0) is 10.4 Å². The maximum absolute atomic E-state index is 13.0. The molecule has 0 saturated heterocycles. The van der Waals surface area contributed by atoms with Crippen molar-refractivity contribution < 1.29 is 9.90 Å². The molecular formula is C21H28N2O2. The van der Waals surface area contributed by atoms with Crippen molar-refractivity contribution in [2.24, 2.45) is 5.41 Å².